The third kappa shape index (κ3) is 3.82. The Morgan fingerprint density at radius 1 is 1.60 bits per heavy atom. The van der Waals surface area contributed by atoms with Gasteiger partial charge in [-0.2, -0.15) is 4.62 Å². The Kier molecular flexibility index (Phi) is 2.01. The summed E-state index contributed by atoms with van der Waals surface area (Å²) in [4.78, 5) is 0. The Morgan fingerprint density at radius 3 is 1.80 bits per heavy atom. The molecule has 0 fully saturated rings. The van der Waals surface area contributed by atoms with Gasteiger partial charge in [0, 0.05) is 0 Å². The van der Waals surface area contributed by atoms with Crippen LogP contribution >= 0.6 is 7.91 Å². The zero-order chi connectivity index (χ0) is 4.28. The first-order chi connectivity index (χ1) is 2.27. The third-order valence-electron chi connectivity index (χ3n) is 0.0861. The molecule has 0 spiro atoms. The van der Waals surface area contributed by atoms with Crippen molar-refractivity contribution in [3.05, 3.63) is 0 Å². The molecule has 0 aliphatic heterocycles. The van der Waals surface area contributed by atoms with E-state index in [2.05, 4.69) is 10.5 Å². The van der Waals surface area contributed by atoms with Crippen molar-refractivity contribution in [2.75, 3.05) is 0 Å². The molecule has 0 unspecified atom stereocenters. The monoisotopic (exact) mass is 95.0 g/mol. The third-order valence-corrected chi connectivity index (χ3v) is 0.258. The first kappa shape index (κ1) is 4.82. The fraction of sp³-hybridized carbons (Fsp3) is 0. The Labute approximate surface area is 28.8 Å². The van der Waals surface area contributed by atoms with Crippen LogP contribution < -0.4 is 5.90 Å². The summed E-state index contributed by atoms with van der Waals surface area (Å²) in [7, 11) is -2.82. The molecule has 0 aromatic carbocycles. The second-order valence-electron chi connectivity index (χ2n) is 0.329. The summed E-state index contributed by atoms with van der Waals surface area (Å²) < 4.78 is 21.3. The maximum Gasteiger partial charge on any atom is 0.485 e. The van der Waals surface area contributed by atoms with Crippen LogP contribution in [0.3, 0.4) is 0 Å². The van der Waals surface area contributed by atoms with Crippen molar-refractivity contribution in [3.63, 3.8) is 0 Å². The maximum atomic E-state index is 9.06. The van der Waals surface area contributed by atoms with Crippen LogP contribution in [0.5, 0.6) is 0 Å². The molecule has 0 heterocycles. The summed E-state index contributed by atoms with van der Waals surface area (Å²) >= 11 is 0. The summed E-state index contributed by atoms with van der Waals surface area (Å²) in [6.07, 6.45) is 0. The molecule has 0 aliphatic rings. The van der Waals surface area contributed by atoms with Crippen LogP contribution in [-0.4, -0.2) is 0 Å². The lowest BCUT2D eigenvalue weighted by atomic mass is 13.6. The zero-order valence-electron chi connectivity index (χ0n) is 2.25. The predicted molar refractivity (Wildman–Crippen MR) is 13.6 cm³/mol. The van der Waals surface area contributed by atoms with Gasteiger partial charge in [0.05, 0.1) is 0 Å². The van der Waals surface area contributed by atoms with E-state index in [9.17, 15) is 0 Å². The van der Waals surface area contributed by atoms with Crippen molar-refractivity contribution < 1.29 is 13.8 Å². The van der Waals surface area contributed by atoms with Crippen molar-refractivity contribution in [2.24, 2.45) is 5.90 Å². The second kappa shape index (κ2) is 2.08. The van der Waals surface area contributed by atoms with E-state index in [1.807, 2.05) is 0 Å². The topological polar surface area (TPSA) is 69.4 Å². The molecule has 0 aliphatic carbocycles. The van der Waals surface area contributed by atoms with E-state index in [0.29, 0.717) is 0 Å². The lowest BCUT2D eigenvalue weighted by molar-refractivity contribution is 0.316. The van der Waals surface area contributed by atoms with Crippen LogP contribution in [0.1, 0.15) is 0 Å². The molecule has 5 heteroatoms. The van der Waals surface area contributed by atoms with E-state index >= 15 is 0 Å². The highest BCUT2D eigenvalue weighted by atomic mass is 31.1. The van der Waals surface area contributed by atoms with Crippen LogP contribution in [0, 0.1) is 0 Å². The molecular formula is H2NO3P. The van der Waals surface area contributed by atoms with E-state index in [1.54, 1.807) is 0 Å². The molecule has 0 saturated carbocycles. The first-order valence-corrected chi connectivity index (χ1v) is 1.88. The highest BCUT2D eigenvalue weighted by molar-refractivity contribution is 7.24. The van der Waals surface area contributed by atoms with Crippen LogP contribution in [0.15, 0.2) is 0 Å². The molecule has 0 bridgehead atoms. The minimum atomic E-state index is -2.82. The van der Waals surface area contributed by atoms with Gasteiger partial charge in [-0.3, -0.25) is 0 Å². The van der Waals surface area contributed by atoms with E-state index < -0.39 is 7.91 Å². The summed E-state index contributed by atoms with van der Waals surface area (Å²) in [5.74, 6) is 4.08. The molecule has 5 heavy (non-hydrogen) atoms. The number of rotatable bonds is 1. The van der Waals surface area contributed by atoms with Crippen molar-refractivity contribution in [1.29, 1.82) is 0 Å². The Balaban J connectivity index is 3.23. The van der Waals surface area contributed by atoms with Gasteiger partial charge in [-0.15, -0.1) is 0 Å². The molecule has 0 amide bonds. The van der Waals surface area contributed by atoms with Crippen LogP contribution in [0.4, 0.5) is 0 Å². The van der Waals surface area contributed by atoms with E-state index in [-0.39, 0.29) is 0 Å². The van der Waals surface area contributed by atoms with E-state index in [1.165, 1.54) is 0 Å². The van der Waals surface area contributed by atoms with Gasteiger partial charge in [-0.05, 0) is 0 Å². The largest absolute Gasteiger partial charge is 0.485 e. The number of hydrogen-bond acceptors (Lipinski definition) is 4. The van der Waals surface area contributed by atoms with Gasteiger partial charge < -0.3 is 0 Å². The Bertz CT molecular complexity index is 65.0. The molecule has 30 valence electrons. The van der Waals surface area contributed by atoms with Crippen molar-refractivity contribution in [3.8, 4) is 0 Å². The fourth-order valence-corrected chi connectivity index (χ4v) is 0. The standard InChI is InChI=1S/H2NO3P/c1-4-5(2)3/h1H2. The molecule has 4 nitrogen and oxygen atoms in total. The quantitative estimate of drug-likeness (QED) is 0.366. The Hall–Kier alpha value is -0.180. The molecule has 0 saturated heterocycles. The van der Waals surface area contributed by atoms with E-state index in [0.717, 1.165) is 0 Å². The fourth-order valence-electron chi connectivity index (χ4n) is 0. The van der Waals surface area contributed by atoms with Gasteiger partial charge in [0.25, 0.3) is 0 Å². The highest BCUT2D eigenvalue weighted by Gasteiger charge is 1.73. The maximum absolute atomic E-state index is 9.06. The van der Waals surface area contributed by atoms with Gasteiger partial charge >= 0.3 is 7.91 Å². The average molecular weight is 95.0 g/mol. The smallest absolute Gasteiger partial charge is 0.202 e. The number of nitrogens with two attached hydrogens (primary N) is 1. The SMILES string of the molecule is NOP(=O)=O. The highest BCUT2D eigenvalue weighted by Crippen LogP contribution is 1.94. The first-order valence-electron chi connectivity index (χ1n) is 0.783. The molecule has 2 N–H and O–H groups in total. The van der Waals surface area contributed by atoms with Crippen molar-refractivity contribution >= 4 is 7.91 Å². The van der Waals surface area contributed by atoms with Gasteiger partial charge in [0.1, 0.15) is 0 Å². The lowest BCUT2D eigenvalue weighted by Gasteiger charge is -1.61. The van der Waals surface area contributed by atoms with Crippen LogP contribution in [0.2, 0.25) is 0 Å². The predicted octanol–water partition coefficient (Wildman–Crippen LogP) is -0.0354. The molecule has 0 atom stereocenters. The van der Waals surface area contributed by atoms with Gasteiger partial charge in [0.15, 0.2) is 0 Å². The van der Waals surface area contributed by atoms with Crippen molar-refractivity contribution in [1.82, 2.24) is 0 Å². The molecule has 0 radical (unpaired) electrons. The number of hydrogen-bond donors (Lipinski definition) is 1. The van der Waals surface area contributed by atoms with Crippen LogP contribution in [0.25, 0.3) is 0 Å². The average Bonchev–Trinajstić information content (AvgIpc) is 1.38. The summed E-state index contributed by atoms with van der Waals surface area (Å²) in [5, 5.41) is 0. The second-order valence-corrected chi connectivity index (χ2v) is 0.987. The van der Waals surface area contributed by atoms with Crippen LogP contribution in [-0.2, 0) is 13.8 Å². The zero-order valence-corrected chi connectivity index (χ0v) is 3.14. The molecule has 0 aromatic heterocycles. The minimum Gasteiger partial charge on any atom is -0.202 e. The van der Waals surface area contributed by atoms with Gasteiger partial charge in [-0.25, -0.2) is 15.0 Å². The van der Waals surface area contributed by atoms with Crippen molar-refractivity contribution in [2.45, 2.75) is 0 Å². The van der Waals surface area contributed by atoms with Gasteiger partial charge in [-0.1, -0.05) is 0 Å². The normalized spacial score (nSPS) is 7.40. The van der Waals surface area contributed by atoms with E-state index in [4.69, 9.17) is 9.13 Å². The summed E-state index contributed by atoms with van der Waals surface area (Å²) in [6.45, 7) is 0. The Morgan fingerprint density at radius 2 is 1.80 bits per heavy atom. The minimum absolute atomic E-state index is 2.82. The summed E-state index contributed by atoms with van der Waals surface area (Å²) in [6, 6.07) is 0. The molecule has 0 aromatic rings. The lowest BCUT2D eigenvalue weighted by Crippen LogP contribution is -1.81. The molecular weight excluding hydrogens is 93.0 g/mol. The summed E-state index contributed by atoms with van der Waals surface area (Å²) in [5.41, 5.74) is 0. The molecule has 0 rings (SSSR count). The van der Waals surface area contributed by atoms with Gasteiger partial charge in [0.2, 0.25) is 0 Å².